The summed E-state index contributed by atoms with van der Waals surface area (Å²) in [5, 5.41) is 6.90. The second kappa shape index (κ2) is 2.95. The van der Waals surface area contributed by atoms with Crippen LogP contribution in [0.1, 0.15) is 18.4 Å². The monoisotopic (exact) mass is 189 g/mol. The van der Waals surface area contributed by atoms with Crippen molar-refractivity contribution in [2.45, 2.75) is 18.3 Å². The van der Waals surface area contributed by atoms with Crippen molar-refractivity contribution >= 4 is 5.82 Å². The van der Waals surface area contributed by atoms with Gasteiger partial charge in [0.05, 0.1) is 0 Å². The van der Waals surface area contributed by atoms with Crippen LogP contribution >= 0.6 is 0 Å². The van der Waals surface area contributed by atoms with Crippen LogP contribution in [-0.2, 0) is 5.41 Å². The molecule has 0 amide bonds. The fourth-order valence-corrected chi connectivity index (χ4v) is 2.67. The van der Waals surface area contributed by atoms with E-state index in [0.29, 0.717) is 5.41 Å². The first-order chi connectivity index (χ1) is 6.91. The van der Waals surface area contributed by atoms with Crippen molar-refractivity contribution in [3.63, 3.8) is 0 Å². The molecule has 3 rings (SSSR count). The standard InChI is InChI=1S/C11H15N3/c1-3-9-10(13-6-1)14-8-11(9)4-2-5-12-7-11/h1,3,6,12H,2,4-5,7-8H2,(H,13,14). The first-order valence-corrected chi connectivity index (χ1v) is 5.31. The van der Waals surface area contributed by atoms with Crippen molar-refractivity contribution in [1.29, 1.82) is 0 Å². The smallest absolute Gasteiger partial charge is 0.129 e. The molecule has 0 radical (unpaired) electrons. The van der Waals surface area contributed by atoms with Crippen LogP contribution in [0.15, 0.2) is 18.3 Å². The van der Waals surface area contributed by atoms with E-state index in [0.717, 1.165) is 25.5 Å². The van der Waals surface area contributed by atoms with Crippen LogP contribution in [0.4, 0.5) is 5.82 Å². The van der Waals surface area contributed by atoms with Crippen LogP contribution in [0, 0.1) is 0 Å². The number of piperidine rings is 1. The Morgan fingerprint density at radius 2 is 2.36 bits per heavy atom. The third-order valence-corrected chi connectivity index (χ3v) is 3.45. The molecule has 0 saturated carbocycles. The Hall–Kier alpha value is -1.09. The number of nitrogens with one attached hydrogen (secondary N) is 2. The van der Waals surface area contributed by atoms with E-state index in [9.17, 15) is 0 Å². The summed E-state index contributed by atoms with van der Waals surface area (Å²) in [7, 11) is 0. The highest BCUT2D eigenvalue weighted by Gasteiger charge is 2.40. The summed E-state index contributed by atoms with van der Waals surface area (Å²) in [4.78, 5) is 4.37. The summed E-state index contributed by atoms with van der Waals surface area (Å²) >= 11 is 0. The lowest BCUT2D eigenvalue weighted by Crippen LogP contribution is -2.44. The van der Waals surface area contributed by atoms with Crippen molar-refractivity contribution < 1.29 is 0 Å². The molecule has 1 unspecified atom stereocenters. The molecular weight excluding hydrogens is 174 g/mol. The van der Waals surface area contributed by atoms with E-state index < -0.39 is 0 Å². The molecule has 0 aromatic carbocycles. The Kier molecular flexibility index (Phi) is 1.74. The molecule has 74 valence electrons. The summed E-state index contributed by atoms with van der Waals surface area (Å²) in [6.07, 6.45) is 4.42. The number of nitrogens with zero attached hydrogens (tertiary/aromatic N) is 1. The maximum atomic E-state index is 4.37. The van der Waals surface area contributed by atoms with Crippen LogP contribution < -0.4 is 10.6 Å². The highest BCUT2D eigenvalue weighted by molar-refractivity contribution is 5.55. The number of hydrogen-bond acceptors (Lipinski definition) is 3. The van der Waals surface area contributed by atoms with Gasteiger partial charge in [0, 0.05) is 30.3 Å². The third-order valence-electron chi connectivity index (χ3n) is 3.45. The summed E-state index contributed by atoms with van der Waals surface area (Å²) in [6, 6.07) is 4.26. The lowest BCUT2D eigenvalue weighted by atomic mass is 9.77. The Labute approximate surface area is 83.9 Å². The third kappa shape index (κ3) is 1.05. The SMILES string of the molecule is c1cnc2c(c1)C1(CCCNC1)CN2. The van der Waals surface area contributed by atoms with Gasteiger partial charge in [-0.3, -0.25) is 0 Å². The quantitative estimate of drug-likeness (QED) is 0.642. The highest BCUT2D eigenvalue weighted by atomic mass is 15.1. The highest BCUT2D eigenvalue weighted by Crippen LogP contribution is 2.39. The molecule has 1 aromatic heterocycles. The summed E-state index contributed by atoms with van der Waals surface area (Å²) in [6.45, 7) is 3.31. The zero-order valence-electron chi connectivity index (χ0n) is 8.21. The zero-order chi connectivity index (χ0) is 9.43. The van der Waals surface area contributed by atoms with Gasteiger partial charge in [0.1, 0.15) is 5.82 Å². The van der Waals surface area contributed by atoms with E-state index in [2.05, 4.69) is 21.7 Å². The minimum Gasteiger partial charge on any atom is -0.369 e. The van der Waals surface area contributed by atoms with Crippen molar-refractivity contribution in [2.24, 2.45) is 0 Å². The maximum absolute atomic E-state index is 4.37. The molecule has 1 spiro atoms. The Morgan fingerprint density at radius 3 is 3.21 bits per heavy atom. The molecule has 3 heteroatoms. The van der Waals surface area contributed by atoms with E-state index in [1.54, 1.807) is 0 Å². The number of fused-ring (bicyclic) bond motifs is 2. The molecule has 2 N–H and O–H groups in total. The number of anilines is 1. The normalized spacial score (nSPS) is 30.0. The van der Waals surface area contributed by atoms with E-state index >= 15 is 0 Å². The fourth-order valence-electron chi connectivity index (χ4n) is 2.67. The molecule has 2 aliphatic rings. The van der Waals surface area contributed by atoms with E-state index in [1.807, 2.05) is 12.3 Å². The Morgan fingerprint density at radius 1 is 1.36 bits per heavy atom. The lowest BCUT2D eigenvalue weighted by Gasteiger charge is -2.33. The van der Waals surface area contributed by atoms with Gasteiger partial charge >= 0.3 is 0 Å². The molecule has 1 atom stereocenters. The molecule has 1 aromatic rings. The van der Waals surface area contributed by atoms with Crippen LogP contribution in [0.25, 0.3) is 0 Å². The van der Waals surface area contributed by atoms with Gasteiger partial charge in [-0.05, 0) is 25.5 Å². The second-order valence-corrected chi connectivity index (χ2v) is 4.31. The van der Waals surface area contributed by atoms with Gasteiger partial charge in [-0.1, -0.05) is 6.07 Å². The average molecular weight is 189 g/mol. The number of aromatic nitrogens is 1. The number of rotatable bonds is 0. The maximum Gasteiger partial charge on any atom is 0.129 e. The molecular formula is C11H15N3. The molecule has 3 heterocycles. The van der Waals surface area contributed by atoms with Gasteiger partial charge in [-0.2, -0.15) is 0 Å². The first-order valence-electron chi connectivity index (χ1n) is 5.31. The van der Waals surface area contributed by atoms with Gasteiger partial charge in [0.2, 0.25) is 0 Å². The first kappa shape index (κ1) is 8.24. The summed E-state index contributed by atoms with van der Waals surface area (Å²) < 4.78 is 0. The summed E-state index contributed by atoms with van der Waals surface area (Å²) in [5.74, 6) is 1.09. The van der Waals surface area contributed by atoms with Crippen LogP contribution in [0.2, 0.25) is 0 Å². The lowest BCUT2D eigenvalue weighted by molar-refractivity contribution is 0.339. The van der Waals surface area contributed by atoms with Gasteiger partial charge in [-0.25, -0.2) is 4.98 Å². The van der Waals surface area contributed by atoms with Crippen molar-refractivity contribution in [1.82, 2.24) is 10.3 Å². The van der Waals surface area contributed by atoms with E-state index in [-0.39, 0.29) is 0 Å². The predicted octanol–water partition coefficient (Wildman–Crippen LogP) is 1.13. The van der Waals surface area contributed by atoms with Crippen molar-refractivity contribution in [2.75, 3.05) is 25.0 Å². The minimum atomic E-state index is 0.321. The molecule has 2 aliphatic heterocycles. The van der Waals surface area contributed by atoms with Gasteiger partial charge < -0.3 is 10.6 Å². The van der Waals surface area contributed by atoms with Crippen LogP contribution in [0.3, 0.4) is 0 Å². The average Bonchev–Trinajstić information content (AvgIpc) is 2.60. The molecule has 1 fully saturated rings. The molecule has 14 heavy (non-hydrogen) atoms. The topological polar surface area (TPSA) is 37.0 Å². The minimum absolute atomic E-state index is 0.321. The Bertz CT molecular complexity index is 337. The summed E-state index contributed by atoms with van der Waals surface area (Å²) in [5.41, 5.74) is 1.73. The predicted molar refractivity (Wildman–Crippen MR) is 56.5 cm³/mol. The van der Waals surface area contributed by atoms with Gasteiger partial charge in [-0.15, -0.1) is 0 Å². The molecule has 1 saturated heterocycles. The van der Waals surface area contributed by atoms with Gasteiger partial charge in [0.25, 0.3) is 0 Å². The second-order valence-electron chi connectivity index (χ2n) is 4.31. The van der Waals surface area contributed by atoms with E-state index in [4.69, 9.17) is 0 Å². The van der Waals surface area contributed by atoms with Crippen molar-refractivity contribution in [3.05, 3.63) is 23.9 Å². The molecule has 0 aliphatic carbocycles. The zero-order valence-corrected chi connectivity index (χ0v) is 8.21. The van der Waals surface area contributed by atoms with Crippen LogP contribution in [-0.4, -0.2) is 24.6 Å². The van der Waals surface area contributed by atoms with Gasteiger partial charge in [0.15, 0.2) is 0 Å². The largest absolute Gasteiger partial charge is 0.369 e. The van der Waals surface area contributed by atoms with E-state index in [1.165, 1.54) is 18.4 Å². The Balaban J connectivity index is 2.03. The molecule has 3 nitrogen and oxygen atoms in total. The molecule has 0 bridgehead atoms. The fraction of sp³-hybridized carbons (Fsp3) is 0.545. The number of pyridine rings is 1. The number of hydrogen-bond donors (Lipinski definition) is 2. The van der Waals surface area contributed by atoms with Crippen molar-refractivity contribution in [3.8, 4) is 0 Å². The van der Waals surface area contributed by atoms with Crippen LogP contribution in [0.5, 0.6) is 0 Å².